The topological polar surface area (TPSA) is 9.23 Å². The molecule has 0 atom stereocenters. The Morgan fingerprint density at radius 3 is 2.87 bits per heavy atom. The van der Waals surface area contributed by atoms with Crippen molar-refractivity contribution < 1.29 is 9.13 Å². The van der Waals surface area contributed by atoms with Crippen LogP contribution in [-0.2, 0) is 6.61 Å². The van der Waals surface area contributed by atoms with Gasteiger partial charge in [-0.3, -0.25) is 0 Å². The first kappa shape index (κ1) is 10.6. The Bertz CT molecular complexity index is 455. The van der Waals surface area contributed by atoms with E-state index in [4.69, 9.17) is 4.74 Å². The number of benzene rings is 1. The maximum atomic E-state index is 12.8. The Balaban J connectivity index is 2.02. The SMILES string of the molecule is Fc1cccc(OCc2sccc2Br)c1. The Kier molecular flexibility index (Phi) is 3.38. The quantitative estimate of drug-likeness (QED) is 0.821. The Morgan fingerprint density at radius 1 is 1.33 bits per heavy atom. The molecule has 0 amide bonds. The molecule has 0 bridgehead atoms. The summed E-state index contributed by atoms with van der Waals surface area (Å²) < 4.78 is 19.3. The Morgan fingerprint density at radius 2 is 2.20 bits per heavy atom. The monoisotopic (exact) mass is 286 g/mol. The van der Waals surface area contributed by atoms with Crippen molar-refractivity contribution >= 4 is 27.3 Å². The normalized spacial score (nSPS) is 10.3. The fraction of sp³-hybridized carbons (Fsp3) is 0.0909. The molecule has 0 radical (unpaired) electrons. The third-order valence-electron chi connectivity index (χ3n) is 1.86. The van der Waals surface area contributed by atoms with Crippen molar-refractivity contribution in [1.82, 2.24) is 0 Å². The molecule has 1 aromatic carbocycles. The fourth-order valence-corrected chi connectivity index (χ4v) is 2.51. The van der Waals surface area contributed by atoms with Gasteiger partial charge in [-0.05, 0) is 39.5 Å². The molecule has 0 fully saturated rings. The molecular formula is C11H8BrFOS. The lowest BCUT2D eigenvalue weighted by Crippen LogP contribution is -1.93. The summed E-state index contributed by atoms with van der Waals surface area (Å²) in [6.45, 7) is 0.460. The van der Waals surface area contributed by atoms with Gasteiger partial charge >= 0.3 is 0 Å². The first-order valence-electron chi connectivity index (χ1n) is 4.36. The molecule has 2 aromatic rings. The van der Waals surface area contributed by atoms with Crippen LogP contribution in [0.15, 0.2) is 40.2 Å². The predicted octanol–water partition coefficient (Wildman–Crippen LogP) is 4.23. The smallest absolute Gasteiger partial charge is 0.126 e. The molecule has 0 saturated carbocycles. The molecule has 0 unspecified atom stereocenters. The Hall–Kier alpha value is -0.870. The minimum Gasteiger partial charge on any atom is -0.488 e. The molecule has 1 heterocycles. The predicted molar refractivity (Wildman–Crippen MR) is 62.8 cm³/mol. The van der Waals surface area contributed by atoms with Crippen molar-refractivity contribution in [1.29, 1.82) is 0 Å². The first-order valence-corrected chi connectivity index (χ1v) is 6.03. The van der Waals surface area contributed by atoms with Crippen LogP contribution in [0.5, 0.6) is 5.75 Å². The van der Waals surface area contributed by atoms with Crippen molar-refractivity contribution in [2.45, 2.75) is 6.61 Å². The lowest BCUT2D eigenvalue weighted by molar-refractivity contribution is 0.307. The maximum absolute atomic E-state index is 12.8. The summed E-state index contributed by atoms with van der Waals surface area (Å²) in [7, 11) is 0. The van der Waals surface area contributed by atoms with Gasteiger partial charge in [0.25, 0.3) is 0 Å². The summed E-state index contributed by atoms with van der Waals surface area (Å²) >= 11 is 5.02. The van der Waals surface area contributed by atoms with Crippen LogP contribution < -0.4 is 4.74 Å². The standard InChI is InChI=1S/C11H8BrFOS/c12-10-4-5-15-11(10)7-14-9-3-1-2-8(13)6-9/h1-6H,7H2. The molecule has 0 spiro atoms. The van der Waals surface area contributed by atoms with Gasteiger partial charge in [0.1, 0.15) is 18.2 Å². The number of hydrogen-bond donors (Lipinski definition) is 0. The third kappa shape index (κ3) is 2.79. The van der Waals surface area contributed by atoms with Crippen LogP contribution in [-0.4, -0.2) is 0 Å². The van der Waals surface area contributed by atoms with Gasteiger partial charge in [-0.15, -0.1) is 11.3 Å². The average Bonchev–Trinajstić information content (AvgIpc) is 2.61. The van der Waals surface area contributed by atoms with Crippen molar-refractivity contribution in [2.75, 3.05) is 0 Å². The van der Waals surface area contributed by atoms with Gasteiger partial charge in [-0.25, -0.2) is 4.39 Å². The minimum absolute atomic E-state index is 0.280. The highest BCUT2D eigenvalue weighted by Crippen LogP contribution is 2.24. The third-order valence-corrected chi connectivity index (χ3v) is 3.76. The molecule has 2 rings (SSSR count). The zero-order valence-corrected chi connectivity index (χ0v) is 10.1. The van der Waals surface area contributed by atoms with E-state index in [2.05, 4.69) is 15.9 Å². The van der Waals surface area contributed by atoms with Crippen LogP contribution in [0.25, 0.3) is 0 Å². The first-order chi connectivity index (χ1) is 7.25. The second-order valence-corrected chi connectivity index (χ2v) is 4.79. The molecule has 78 valence electrons. The van der Waals surface area contributed by atoms with Crippen molar-refractivity contribution in [2.24, 2.45) is 0 Å². The average molecular weight is 287 g/mol. The van der Waals surface area contributed by atoms with Crippen LogP contribution in [0.1, 0.15) is 4.88 Å². The summed E-state index contributed by atoms with van der Waals surface area (Å²) in [5.74, 6) is 0.271. The van der Waals surface area contributed by atoms with Gasteiger partial charge in [0.05, 0.1) is 4.88 Å². The second-order valence-electron chi connectivity index (χ2n) is 2.94. The number of hydrogen-bond acceptors (Lipinski definition) is 2. The van der Waals surface area contributed by atoms with Gasteiger partial charge in [0.2, 0.25) is 0 Å². The van der Waals surface area contributed by atoms with Crippen LogP contribution in [0.3, 0.4) is 0 Å². The summed E-state index contributed by atoms with van der Waals surface area (Å²) in [5, 5.41) is 1.98. The number of halogens is 2. The van der Waals surface area contributed by atoms with E-state index in [9.17, 15) is 4.39 Å². The molecule has 0 aliphatic carbocycles. The lowest BCUT2D eigenvalue weighted by atomic mass is 10.3. The van der Waals surface area contributed by atoms with Gasteiger partial charge in [0, 0.05) is 10.5 Å². The highest BCUT2D eigenvalue weighted by molar-refractivity contribution is 9.10. The van der Waals surface area contributed by atoms with Gasteiger partial charge in [0.15, 0.2) is 0 Å². The molecule has 4 heteroatoms. The molecule has 0 aliphatic rings. The number of rotatable bonds is 3. The molecule has 15 heavy (non-hydrogen) atoms. The van der Waals surface area contributed by atoms with Crippen LogP contribution in [0, 0.1) is 5.82 Å². The van der Waals surface area contributed by atoms with Crippen molar-refractivity contribution in [3.63, 3.8) is 0 Å². The van der Waals surface area contributed by atoms with E-state index in [1.54, 1.807) is 23.5 Å². The minimum atomic E-state index is -0.280. The maximum Gasteiger partial charge on any atom is 0.126 e. The van der Waals surface area contributed by atoms with E-state index < -0.39 is 0 Å². The molecule has 0 aliphatic heterocycles. The zero-order valence-electron chi connectivity index (χ0n) is 7.74. The lowest BCUT2D eigenvalue weighted by Gasteiger charge is -2.04. The van der Waals surface area contributed by atoms with Crippen LogP contribution in [0.2, 0.25) is 0 Å². The van der Waals surface area contributed by atoms with E-state index in [0.717, 1.165) is 9.35 Å². The summed E-state index contributed by atoms with van der Waals surface area (Å²) in [4.78, 5) is 1.10. The summed E-state index contributed by atoms with van der Waals surface area (Å²) in [5.41, 5.74) is 0. The molecular weight excluding hydrogens is 279 g/mol. The largest absolute Gasteiger partial charge is 0.488 e. The molecule has 0 N–H and O–H groups in total. The van der Waals surface area contributed by atoms with Crippen LogP contribution in [0.4, 0.5) is 4.39 Å². The fourth-order valence-electron chi connectivity index (χ4n) is 1.13. The van der Waals surface area contributed by atoms with Gasteiger partial charge < -0.3 is 4.74 Å². The van der Waals surface area contributed by atoms with E-state index >= 15 is 0 Å². The van der Waals surface area contributed by atoms with Crippen molar-refractivity contribution in [3.05, 3.63) is 50.9 Å². The molecule has 1 nitrogen and oxygen atoms in total. The molecule has 1 aromatic heterocycles. The highest BCUT2D eigenvalue weighted by Gasteiger charge is 2.02. The highest BCUT2D eigenvalue weighted by atomic mass is 79.9. The van der Waals surface area contributed by atoms with E-state index in [1.165, 1.54) is 12.1 Å². The van der Waals surface area contributed by atoms with Crippen molar-refractivity contribution in [3.8, 4) is 5.75 Å². The summed E-state index contributed by atoms with van der Waals surface area (Å²) in [6.07, 6.45) is 0. The van der Waals surface area contributed by atoms with Gasteiger partial charge in [-0.2, -0.15) is 0 Å². The van der Waals surface area contributed by atoms with Crippen LogP contribution >= 0.6 is 27.3 Å². The van der Waals surface area contributed by atoms with E-state index in [1.807, 2.05) is 11.4 Å². The zero-order chi connectivity index (χ0) is 10.7. The molecule has 0 saturated heterocycles. The Labute approximate surface area is 99.6 Å². The number of ether oxygens (including phenoxy) is 1. The second kappa shape index (κ2) is 4.77. The van der Waals surface area contributed by atoms with E-state index in [0.29, 0.717) is 12.4 Å². The van der Waals surface area contributed by atoms with Gasteiger partial charge in [-0.1, -0.05) is 6.07 Å². The summed E-state index contributed by atoms with van der Waals surface area (Å²) in [6, 6.07) is 8.11. The number of thiophene rings is 1. The van der Waals surface area contributed by atoms with E-state index in [-0.39, 0.29) is 5.82 Å².